The maximum atomic E-state index is 12.8. The number of hydrogen-bond donors (Lipinski definition) is 0. The van der Waals surface area contributed by atoms with Gasteiger partial charge in [0.15, 0.2) is 0 Å². The zero-order valence-corrected chi connectivity index (χ0v) is 6.36. The molecule has 0 N–H and O–H groups in total. The van der Waals surface area contributed by atoms with Crippen LogP contribution in [0.25, 0.3) is 0 Å². The van der Waals surface area contributed by atoms with E-state index in [0.717, 1.165) is 12.1 Å². The Morgan fingerprint density at radius 2 is 2.00 bits per heavy atom. The molecule has 0 saturated carbocycles. The van der Waals surface area contributed by atoms with Crippen LogP contribution in [0.2, 0.25) is 0 Å². The molecule has 0 saturated heterocycles. The highest BCUT2D eigenvalue weighted by Gasteiger charge is 2.04. The molecule has 11 heavy (non-hydrogen) atoms. The molecule has 1 radical (unpaired) electrons. The second-order valence-corrected chi connectivity index (χ2v) is 2.41. The first-order valence-electron chi connectivity index (χ1n) is 3.15. The van der Waals surface area contributed by atoms with Gasteiger partial charge in [0, 0.05) is 26.2 Å². The zero-order valence-electron chi connectivity index (χ0n) is 6.36. The van der Waals surface area contributed by atoms with Crippen molar-refractivity contribution in [1.82, 2.24) is 0 Å². The first-order valence-corrected chi connectivity index (χ1v) is 3.15. The molecule has 0 amide bonds. The van der Waals surface area contributed by atoms with Crippen molar-refractivity contribution in [3.05, 3.63) is 29.8 Å². The van der Waals surface area contributed by atoms with Crippen LogP contribution in [0.15, 0.2) is 12.1 Å². The van der Waals surface area contributed by atoms with Gasteiger partial charge >= 0.3 is 0 Å². The molecule has 0 aromatic heterocycles. The highest BCUT2D eigenvalue weighted by Crippen LogP contribution is 2.16. The lowest BCUT2D eigenvalue weighted by molar-refractivity contribution is 0.582. The molecular formula is C8H8F2N. The van der Waals surface area contributed by atoms with Crippen LogP contribution in [-0.2, 0) is 0 Å². The minimum absolute atomic E-state index is 0.270. The third-order valence-corrected chi connectivity index (χ3v) is 1.28. The lowest BCUT2D eigenvalue weighted by atomic mass is 10.3. The van der Waals surface area contributed by atoms with E-state index in [1.54, 1.807) is 14.1 Å². The molecule has 0 aliphatic rings. The highest BCUT2D eigenvalue weighted by molar-refractivity contribution is 5.44. The number of benzene rings is 1. The molecule has 0 aliphatic heterocycles. The Morgan fingerprint density at radius 1 is 1.36 bits per heavy atom. The number of rotatable bonds is 1. The van der Waals surface area contributed by atoms with E-state index in [4.69, 9.17) is 0 Å². The predicted molar refractivity (Wildman–Crippen MR) is 39.5 cm³/mol. The van der Waals surface area contributed by atoms with E-state index < -0.39 is 11.6 Å². The van der Waals surface area contributed by atoms with Gasteiger partial charge in [-0.2, -0.15) is 0 Å². The lowest BCUT2D eigenvalue weighted by Crippen LogP contribution is -2.10. The summed E-state index contributed by atoms with van der Waals surface area (Å²) in [6.07, 6.45) is 0. The van der Waals surface area contributed by atoms with Crippen LogP contribution in [0.5, 0.6) is 0 Å². The van der Waals surface area contributed by atoms with E-state index in [0.29, 0.717) is 0 Å². The molecule has 0 aliphatic carbocycles. The Labute approximate surface area is 64.3 Å². The molecule has 1 nitrogen and oxygen atoms in total. The maximum absolute atomic E-state index is 12.8. The van der Waals surface area contributed by atoms with Crippen molar-refractivity contribution in [2.24, 2.45) is 0 Å². The van der Waals surface area contributed by atoms with Crippen LogP contribution in [-0.4, -0.2) is 14.1 Å². The Morgan fingerprint density at radius 3 is 2.45 bits per heavy atom. The van der Waals surface area contributed by atoms with Gasteiger partial charge in [0.1, 0.15) is 11.6 Å². The molecule has 0 fully saturated rings. The SMILES string of the molecule is CN(C)c1[c]cc(F)cc1F. The summed E-state index contributed by atoms with van der Waals surface area (Å²) in [5.74, 6) is -1.19. The van der Waals surface area contributed by atoms with Gasteiger partial charge in [-0.15, -0.1) is 0 Å². The number of halogens is 2. The van der Waals surface area contributed by atoms with Gasteiger partial charge in [0.05, 0.1) is 5.69 Å². The molecule has 0 atom stereocenters. The molecule has 0 heterocycles. The molecule has 1 aromatic carbocycles. The van der Waals surface area contributed by atoms with Gasteiger partial charge in [-0.3, -0.25) is 0 Å². The van der Waals surface area contributed by atoms with Gasteiger partial charge < -0.3 is 4.90 Å². The average molecular weight is 156 g/mol. The Kier molecular flexibility index (Phi) is 2.08. The second kappa shape index (κ2) is 2.86. The minimum Gasteiger partial charge on any atom is -0.375 e. The number of anilines is 1. The summed E-state index contributed by atoms with van der Waals surface area (Å²) in [6, 6.07) is 4.43. The van der Waals surface area contributed by atoms with E-state index in [1.807, 2.05) is 0 Å². The minimum atomic E-state index is -0.604. The molecule has 0 bridgehead atoms. The van der Waals surface area contributed by atoms with Crippen molar-refractivity contribution >= 4 is 5.69 Å². The monoisotopic (exact) mass is 156 g/mol. The fraction of sp³-hybridized carbons (Fsp3) is 0.250. The summed E-state index contributed by atoms with van der Waals surface area (Å²) in [6.45, 7) is 0. The van der Waals surface area contributed by atoms with Gasteiger partial charge in [-0.1, -0.05) is 0 Å². The van der Waals surface area contributed by atoms with Crippen LogP contribution in [0.1, 0.15) is 0 Å². The fourth-order valence-corrected chi connectivity index (χ4v) is 0.780. The van der Waals surface area contributed by atoms with Crippen LogP contribution in [0, 0.1) is 17.7 Å². The number of nitrogens with zero attached hydrogens (tertiary/aromatic N) is 1. The topological polar surface area (TPSA) is 3.24 Å². The van der Waals surface area contributed by atoms with Gasteiger partial charge in [-0.05, 0) is 6.07 Å². The smallest absolute Gasteiger partial charge is 0.150 e. The first-order chi connectivity index (χ1) is 5.11. The van der Waals surface area contributed by atoms with Crippen molar-refractivity contribution in [2.45, 2.75) is 0 Å². The van der Waals surface area contributed by atoms with E-state index >= 15 is 0 Å². The average Bonchev–Trinajstić information content (AvgIpc) is 1.85. The summed E-state index contributed by atoms with van der Waals surface area (Å²) >= 11 is 0. The van der Waals surface area contributed by atoms with Crippen LogP contribution in [0.3, 0.4) is 0 Å². The molecule has 0 spiro atoms. The summed E-state index contributed by atoms with van der Waals surface area (Å²) in [4.78, 5) is 1.54. The summed E-state index contributed by atoms with van der Waals surface area (Å²) in [5, 5.41) is 0. The molecular weight excluding hydrogens is 148 g/mol. The Hall–Kier alpha value is -1.12. The number of hydrogen-bond acceptors (Lipinski definition) is 1. The second-order valence-electron chi connectivity index (χ2n) is 2.41. The molecule has 59 valence electrons. The summed E-state index contributed by atoms with van der Waals surface area (Å²) in [7, 11) is 3.35. The largest absolute Gasteiger partial charge is 0.375 e. The Balaban J connectivity index is 3.09. The van der Waals surface area contributed by atoms with Crippen molar-refractivity contribution in [3.63, 3.8) is 0 Å². The van der Waals surface area contributed by atoms with E-state index in [-0.39, 0.29) is 5.69 Å². The zero-order chi connectivity index (χ0) is 8.43. The fourth-order valence-electron chi connectivity index (χ4n) is 0.780. The van der Waals surface area contributed by atoms with Gasteiger partial charge in [-0.25, -0.2) is 8.78 Å². The van der Waals surface area contributed by atoms with E-state index in [9.17, 15) is 8.78 Å². The lowest BCUT2D eigenvalue weighted by Gasteiger charge is -2.11. The van der Waals surface area contributed by atoms with Crippen molar-refractivity contribution in [2.75, 3.05) is 19.0 Å². The summed E-state index contributed by atoms with van der Waals surface area (Å²) < 4.78 is 25.1. The molecule has 1 rings (SSSR count). The normalized spacial score (nSPS) is 9.82. The van der Waals surface area contributed by atoms with Crippen LogP contribution >= 0.6 is 0 Å². The Bertz CT molecular complexity index is 258. The molecule has 1 aromatic rings. The van der Waals surface area contributed by atoms with Gasteiger partial charge in [0.2, 0.25) is 0 Å². The standard InChI is InChI=1S/C8H8F2N/c1-11(2)8-4-3-6(9)5-7(8)10/h3,5H,1-2H3. The predicted octanol–water partition coefficient (Wildman–Crippen LogP) is 1.83. The van der Waals surface area contributed by atoms with E-state index in [1.165, 1.54) is 4.90 Å². The van der Waals surface area contributed by atoms with Crippen molar-refractivity contribution < 1.29 is 8.78 Å². The maximum Gasteiger partial charge on any atom is 0.150 e. The highest BCUT2D eigenvalue weighted by atomic mass is 19.1. The van der Waals surface area contributed by atoms with Crippen molar-refractivity contribution in [3.8, 4) is 0 Å². The van der Waals surface area contributed by atoms with Crippen LogP contribution in [0.4, 0.5) is 14.5 Å². The third-order valence-electron chi connectivity index (χ3n) is 1.28. The molecule has 0 unspecified atom stereocenters. The van der Waals surface area contributed by atoms with Crippen LogP contribution < -0.4 is 4.90 Å². The molecule has 3 heteroatoms. The first kappa shape index (κ1) is 7.98. The van der Waals surface area contributed by atoms with E-state index in [2.05, 4.69) is 6.07 Å². The quantitative estimate of drug-likeness (QED) is 0.599. The van der Waals surface area contributed by atoms with Crippen molar-refractivity contribution in [1.29, 1.82) is 0 Å². The summed E-state index contributed by atoms with van der Waals surface area (Å²) in [5.41, 5.74) is 0.270. The third kappa shape index (κ3) is 1.67. The van der Waals surface area contributed by atoms with Gasteiger partial charge in [0.25, 0.3) is 0 Å².